The molecule has 4 aliphatic carbocycles. The van der Waals surface area contributed by atoms with Gasteiger partial charge in [0.2, 0.25) is 0 Å². The second-order valence-electron chi connectivity index (χ2n) is 12.7. The van der Waals surface area contributed by atoms with Crippen LogP contribution in [0.15, 0.2) is 48.1 Å². The molecule has 0 bridgehead atoms. The summed E-state index contributed by atoms with van der Waals surface area (Å²) in [6, 6.07) is 10.8. The van der Waals surface area contributed by atoms with Crippen LogP contribution in [0.2, 0.25) is 0 Å². The maximum atomic E-state index is 10.3. The Morgan fingerprint density at radius 2 is 1.85 bits per heavy atom. The first-order chi connectivity index (χ1) is 15.8. The highest BCUT2D eigenvalue weighted by Gasteiger charge is 2.59. The standard InChI is InChI=1S/C32H46O/c1-22(24-11-6-5-7-12-24)9-8-10-23(2)28-15-16-29-27-14-13-25-21-26(33)17-19-31(25,3)30(27)18-20-32(28,29)4/h5-7,9,11-13,23,26-30,33H,8,10,14-21H2,1-4H3/b22-9+/t23-,26-,27+,28-,29+,30-,31-,32+/m0/s1. The van der Waals surface area contributed by atoms with Gasteiger partial charge in [-0.15, -0.1) is 0 Å². The number of hydrogen-bond acceptors (Lipinski definition) is 1. The summed E-state index contributed by atoms with van der Waals surface area (Å²) in [5, 5.41) is 10.3. The molecule has 0 aromatic heterocycles. The molecule has 0 aliphatic heterocycles. The summed E-state index contributed by atoms with van der Waals surface area (Å²) in [4.78, 5) is 0. The largest absolute Gasteiger partial charge is 0.393 e. The molecule has 1 aromatic carbocycles. The number of rotatable bonds is 5. The molecular formula is C32H46O. The fourth-order valence-electron chi connectivity index (χ4n) is 9.20. The molecule has 180 valence electrons. The van der Waals surface area contributed by atoms with Gasteiger partial charge in [0.05, 0.1) is 6.10 Å². The topological polar surface area (TPSA) is 20.2 Å². The van der Waals surface area contributed by atoms with E-state index >= 15 is 0 Å². The molecule has 0 spiro atoms. The zero-order valence-electron chi connectivity index (χ0n) is 21.5. The second-order valence-corrected chi connectivity index (χ2v) is 12.7. The Hall–Kier alpha value is -1.34. The number of benzene rings is 1. The van der Waals surface area contributed by atoms with E-state index in [2.05, 4.69) is 70.2 Å². The average molecular weight is 447 g/mol. The van der Waals surface area contributed by atoms with E-state index in [4.69, 9.17) is 0 Å². The summed E-state index contributed by atoms with van der Waals surface area (Å²) < 4.78 is 0. The molecule has 3 fully saturated rings. The van der Waals surface area contributed by atoms with Crippen LogP contribution in [-0.2, 0) is 0 Å². The van der Waals surface area contributed by atoms with E-state index in [1.807, 2.05) is 0 Å². The first-order valence-corrected chi connectivity index (χ1v) is 13.9. The van der Waals surface area contributed by atoms with Crippen molar-refractivity contribution in [1.29, 1.82) is 0 Å². The minimum atomic E-state index is -0.0916. The molecule has 8 atom stereocenters. The highest BCUT2D eigenvalue weighted by atomic mass is 16.3. The number of aliphatic hydroxyl groups is 1. The molecule has 5 rings (SSSR count). The molecule has 0 radical (unpaired) electrons. The summed E-state index contributed by atoms with van der Waals surface area (Å²) >= 11 is 0. The summed E-state index contributed by atoms with van der Waals surface area (Å²) in [6.07, 6.45) is 17.7. The van der Waals surface area contributed by atoms with E-state index in [1.54, 1.807) is 5.57 Å². The van der Waals surface area contributed by atoms with Gasteiger partial charge in [0.25, 0.3) is 0 Å². The summed E-state index contributed by atoms with van der Waals surface area (Å²) in [6.45, 7) is 10.1. The first kappa shape index (κ1) is 23.4. The maximum Gasteiger partial charge on any atom is 0.0577 e. The molecule has 33 heavy (non-hydrogen) atoms. The van der Waals surface area contributed by atoms with Crippen molar-refractivity contribution in [2.75, 3.05) is 0 Å². The maximum absolute atomic E-state index is 10.3. The Kier molecular flexibility index (Phi) is 6.40. The predicted octanol–water partition coefficient (Wildman–Crippen LogP) is 8.45. The van der Waals surface area contributed by atoms with Gasteiger partial charge in [0.15, 0.2) is 0 Å². The molecule has 1 N–H and O–H groups in total. The van der Waals surface area contributed by atoms with Crippen molar-refractivity contribution in [2.45, 2.75) is 98.0 Å². The summed E-state index contributed by atoms with van der Waals surface area (Å²) in [5.74, 6) is 4.34. The normalized spacial score (nSPS) is 41.5. The van der Waals surface area contributed by atoms with Crippen LogP contribution in [0.3, 0.4) is 0 Å². The van der Waals surface area contributed by atoms with E-state index in [1.165, 1.54) is 62.5 Å². The highest BCUT2D eigenvalue weighted by Crippen LogP contribution is 2.67. The van der Waals surface area contributed by atoms with Gasteiger partial charge in [-0.25, -0.2) is 0 Å². The number of aliphatic hydroxyl groups excluding tert-OH is 1. The van der Waals surface area contributed by atoms with Crippen molar-refractivity contribution in [3.63, 3.8) is 0 Å². The van der Waals surface area contributed by atoms with Crippen LogP contribution in [0.25, 0.3) is 5.57 Å². The van der Waals surface area contributed by atoms with Crippen molar-refractivity contribution < 1.29 is 5.11 Å². The van der Waals surface area contributed by atoms with Crippen molar-refractivity contribution in [2.24, 2.45) is 40.4 Å². The van der Waals surface area contributed by atoms with Crippen LogP contribution < -0.4 is 0 Å². The van der Waals surface area contributed by atoms with Gasteiger partial charge in [-0.2, -0.15) is 0 Å². The summed E-state index contributed by atoms with van der Waals surface area (Å²) in [7, 11) is 0. The molecule has 1 heteroatoms. The predicted molar refractivity (Wildman–Crippen MR) is 140 cm³/mol. The molecule has 3 saturated carbocycles. The SMILES string of the molecule is C/C(=C\CC[C@H](C)[C@@H]1CC[C@@H]2[C@H]3CC=C4C[C@@H](O)CC[C@]4(C)[C@H]3CC[C@@]21C)c1ccccc1. The Balaban J connectivity index is 1.26. The van der Waals surface area contributed by atoms with Crippen LogP contribution in [0.1, 0.15) is 97.5 Å². The fraction of sp³-hybridized carbons (Fsp3) is 0.688. The van der Waals surface area contributed by atoms with Gasteiger partial charge in [-0.05, 0) is 123 Å². The van der Waals surface area contributed by atoms with Crippen LogP contribution >= 0.6 is 0 Å². The average Bonchev–Trinajstić information content (AvgIpc) is 3.17. The lowest BCUT2D eigenvalue weighted by molar-refractivity contribution is -0.0570. The third-order valence-electron chi connectivity index (χ3n) is 11.1. The van der Waals surface area contributed by atoms with E-state index in [-0.39, 0.29) is 6.10 Å². The molecule has 1 nitrogen and oxygen atoms in total. The van der Waals surface area contributed by atoms with Crippen LogP contribution in [-0.4, -0.2) is 11.2 Å². The Labute approximate surface area is 202 Å². The molecule has 0 unspecified atom stereocenters. The minimum absolute atomic E-state index is 0.0916. The van der Waals surface area contributed by atoms with Gasteiger partial charge in [-0.1, -0.05) is 68.8 Å². The van der Waals surface area contributed by atoms with E-state index in [0.29, 0.717) is 10.8 Å². The van der Waals surface area contributed by atoms with E-state index in [0.717, 1.165) is 42.4 Å². The van der Waals surface area contributed by atoms with Crippen molar-refractivity contribution >= 4 is 5.57 Å². The van der Waals surface area contributed by atoms with Crippen molar-refractivity contribution in [3.8, 4) is 0 Å². The lowest BCUT2D eigenvalue weighted by Gasteiger charge is -2.58. The van der Waals surface area contributed by atoms with Crippen molar-refractivity contribution in [3.05, 3.63) is 53.6 Å². The van der Waals surface area contributed by atoms with Gasteiger partial charge >= 0.3 is 0 Å². The number of hydrogen-bond donors (Lipinski definition) is 1. The van der Waals surface area contributed by atoms with Gasteiger partial charge in [0.1, 0.15) is 0 Å². The Bertz CT molecular complexity index is 896. The number of allylic oxidation sites excluding steroid dienone is 3. The molecular weight excluding hydrogens is 400 g/mol. The van der Waals surface area contributed by atoms with E-state index in [9.17, 15) is 5.11 Å². The van der Waals surface area contributed by atoms with Crippen LogP contribution in [0.4, 0.5) is 0 Å². The minimum Gasteiger partial charge on any atom is -0.393 e. The third-order valence-corrected chi connectivity index (χ3v) is 11.1. The lowest BCUT2D eigenvalue weighted by Crippen LogP contribution is -2.50. The van der Waals surface area contributed by atoms with Crippen molar-refractivity contribution in [1.82, 2.24) is 0 Å². The fourth-order valence-corrected chi connectivity index (χ4v) is 9.20. The Morgan fingerprint density at radius 3 is 2.64 bits per heavy atom. The quantitative estimate of drug-likeness (QED) is 0.450. The smallest absolute Gasteiger partial charge is 0.0577 e. The summed E-state index contributed by atoms with van der Waals surface area (Å²) in [5.41, 5.74) is 5.30. The third kappa shape index (κ3) is 4.07. The second kappa shape index (κ2) is 9.03. The van der Waals surface area contributed by atoms with Gasteiger partial charge < -0.3 is 5.11 Å². The zero-order valence-corrected chi connectivity index (χ0v) is 21.5. The molecule has 4 aliphatic rings. The molecule has 1 aromatic rings. The lowest BCUT2D eigenvalue weighted by atomic mass is 9.47. The molecule has 0 amide bonds. The zero-order chi connectivity index (χ0) is 23.2. The number of fused-ring (bicyclic) bond motifs is 5. The Morgan fingerprint density at radius 1 is 1.06 bits per heavy atom. The van der Waals surface area contributed by atoms with Crippen LogP contribution in [0.5, 0.6) is 0 Å². The molecule has 0 saturated heterocycles. The van der Waals surface area contributed by atoms with Gasteiger partial charge in [-0.3, -0.25) is 0 Å². The van der Waals surface area contributed by atoms with Crippen LogP contribution in [0, 0.1) is 40.4 Å². The molecule has 0 heterocycles. The van der Waals surface area contributed by atoms with E-state index < -0.39 is 0 Å². The first-order valence-electron chi connectivity index (χ1n) is 13.9. The van der Waals surface area contributed by atoms with Gasteiger partial charge in [0, 0.05) is 0 Å². The monoisotopic (exact) mass is 446 g/mol. The highest BCUT2D eigenvalue weighted by molar-refractivity contribution is 5.63.